The van der Waals surface area contributed by atoms with Crippen LogP contribution in [0.4, 0.5) is 0 Å². The van der Waals surface area contributed by atoms with E-state index in [2.05, 4.69) is 39.9 Å². The standard InChI is InChI=1S/C17H12N4O2.C16H10N4O2/c1-22-16-10-19-14(9-20-16)11-4-5-15-13(7-11)21-17(23-15)12-3-2-6-18-8-12;21-15-9-18-13(8-19-15)10-3-4-14-12(6-10)20-16(22-14)11-2-1-5-17-7-11/h2-10H,1H3;1-9H,(H,19,21). The van der Waals surface area contributed by atoms with Gasteiger partial charge in [-0.05, 0) is 60.7 Å². The number of nitrogens with one attached hydrogen (secondary N) is 1. The molecule has 12 heteroatoms. The fourth-order valence-electron chi connectivity index (χ4n) is 4.47. The van der Waals surface area contributed by atoms with Gasteiger partial charge in [-0.3, -0.25) is 14.8 Å². The van der Waals surface area contributed by atoms with E-state index >= 15 is 0 Å². The lowest BCUT2D eigenvalue weighted by atomic mass is 10.1. The van der Waals surface area contributed by atoms with Crippen molar-refractivity contribution in [2.45, 2.75) is 0 Å². The van der Waals surface area contributed by atoms with Gasteiger partial charge in [0.05, 0.1) is 48.2 Å². The molecular formula is C33H22N8O4. The quantitative estimate of drug-likeness (QED) is 0.249. The third-order valence-electron chi connectivity index (χ3n) is 6.69. The minimum absolute atomic E-state index is 0.231. The molecule has 0 aliphatic rings. The van der Waals surface area contributed by atoms with Gasteiger partial charge in [0.15, 0.2) is 11.2 Å². The molecule has 0 fully saturated rings. The number of ether oxygens (including phenoxy) is 1. The number of fused-ring (bicyclic) bond motifs is 2. The van der Waals surface area contributed by atoms with Gasteiger partial charge in [-0.2, -0.15) is 0 Å². The van der Waals surface area contributed by atoms with Crippen molar-refractivity contribution in [2.75, 3.05) is 7.11 Å². The summed E-state index contributed by atoms with van der Waals surface area (Å²) in [5.74, 6) is 1.55. The molecule has 8 aromatic rings. The molecule has 0 bridgehead atoms. The Labute approximate surface area is 254 Å². The number of nitrogens with zero attached hydrogens (tertiary/aromatic N) is 7. The van der Waals surface area contributed by atoms with Gasteiger partial charge in [0.1, 0.15) is 11.0 Å². The Kier molecular flexibility index (Phi) is 7.26. The van der Waals surface area contributed by atoms with Crippen LogP contribution in [-0.4, -0.2) is 47.0 Å². The predicted molar refractivity (Wildman–Crippen MR) is 166 cm³/mol. The summed E-state index contributed by atoms with van der Waals surface area (Å²) < 4.78 is 16.5. The summed E-state index contributed by atoms with van der Waals surface area (Å²) in [7, 11) is 1.56. The summed E-state index contributed by atoms with van der Waals surface area (Å²) in [4.78, 5) is 43.4. The molecule has 0 unspecified atom stereocenters. The van der Waals surface area contributed by atoms with Crippen LogP contribution in [0.2, 0.25) is 0 Å². The zero-order chi connectivity index (χ0) is 30.6. The summed E-state index contributed by atoms with van der Waals surface area (Å²) in [6.07, 6.45) is 12.9. The number of hydrogen-bond acceptors (Lipinski definition) is 11. The number of benzene rings is 2. The number of aromatic nitrogens is 8. The van der Waals surface area contributed by atoms with Gasteiger partial charge in [0.25, 0.3) is 5.56 Å². The molecule has 2 aromatic carbocycles. The molecule has 0 amide bonds. The highest BCUT2D eigenvalue weighted by Crippen LogP contribution is 2.28. The molecule has 1 N–H and O–H groups in total. The van der Waals surface area contributed by atoms with E-state index in [0.29, 0.717) is 34.5 Å². The topological polar surface area (TPSA) is 159 Å². The first kappa shape index (κ1) is 27.3. The van der Waals surface area contributed by atoms with Gasteiger partial charge in [-0.1, -0.05) is 0 Å². The molecule has 0 spiro atoms. The van der Waals surface area contributed by atoms with Crippen LogP contribution in [0, 0.1) is 0 Å². The number of aromatic amines is 1. The maximum absolute atomic E-state index is 11.1. The van der Waals surface area contributed by atoms with Gasteiger partial charge in [0, 0.05) is 42.1 Å². The molecule has 0 atom stereocenters. The SMILES string of the molecule is COc1cnc(-c2ccc3oc(-c4cccnc4)nc3c2)cn1.O=c1cnc(-c2ccc3oc(-c4cccnc4)nc3c2)c[nH]1. The van der Waals surface area contributed by atoms with E-state index in [0.717, 1.165) is 39.0 Å². The number of rotatable bonds is 5. The van der Waals surface area contributed by atoms with E-state index in [9.17, 15) is 4.79 Å². The molecule has 0 aliphatic heterocycles. The Balaban J connectivity index is 0.000000145. The number of oxazole rings is 2. The third kappa shape index (κ3) is 5.88. The summed E-state index contributed by atoms with van der Waals surface area (Å²) in [5, 5.41) is 0. The average Bonchev–Trinajstić information content (AvgIpc) is 3.74. The van der Waals surface area contributed by atoms with Crippen molar-refractivity contribution in [2.24, 2.45) is 0 Å². The first-order valence-electron chi connectivity index (χ1n) is 13.7. The first-order chi connectivity index (χ1) is 22.1. The molecular weight excluding hydrogens is 572 g/mol. The second-order valence-electron chi connectivity index (χ2n) is 9.63. The lowest BCUT2D eigenvalue weighted by molar-refractivity contribution is 0.396. The van der Waals surface area contributed by atoms with E-state index in [4.69, 9.17) is 13.6 Å². The predicted octanol–water partition coefficient (Wildman–Crippen LogP) is 6.00. The first-order valence-corrected chi connectivity index (χ1v) is 13.7. The molecule has 0 aliphatic carbocycles. The molecule has 45 heavy (non-hydrogen) atoms. The average molecular weight is 595 g/mol. The monoisotopic (exact) mass is 594 g/mol. The number of methoxy groups -OCH3 is 1. The Morgan fingerprint density at radius 2 is 1.24 bits per heavy atom. The van der Waals surface area contributed by atoms with Crippen molar-refractivity contribution >= 4 is 22.2 Å². The second kappa shape index (κ2) is 12.0. The van der Waals surface area contributed by atoms with Crippen LogP contribution in [0.5, 0.6) is 5.88 Å². The molecule has 0 saturated heterocycles. The van der Waals surface area contributed by atoms with Crippen LogP contribution < -0.4 is 10.3 Å². The smallest absolute Gasteiger partial charge is 0.266 e. The second-order valence-corrected chi connectivity index (χ2v) is 9.63. The van der Waals surface area contributed by atoms with Gasteiger partial charge >= 0.3 is 0 Å². The van der Waals surface area contributed by atoms with Crippen molar-refractivity contribution in [1.29, 1.82) is 0 Å². The van der Waals surface area contributed by atoms with Gasteiger partial charge in [-0.15, -0.1) is 0 Å². The number of hydrogen-bond donors (Lipinski definition) is 1. The summed E-state index contributed by atoms with van der Waals surface area (Å²) in [5.41, 5.74) is 7.52. The number of H-pyrrole nitrogens is 1. The van der Waals surface area contributed by atoms with Crippen molar-refractivity contribution in [3.05, 3.63) is 121 Å². The van der Waals surface area contributed by atoms with Crippen LogP contribution in [0.1, 0.15) is 0 Å². The highest BCUT2D eigenvalue weighted by atomic mass is 16.5. The minimum atomic E-state index is -0.231. The van der Waals surface area contributed by atoms with Crippen LogP contribution in [0.15, 0.2) is 124 Å². The summed E-state index contributed by atoms with van der Waals surface area (Å²) >= 11 is 0. The van der Waals surface area contributed by atoms with E-state index < -0.39 is 0 Å². The van der Waals surface area contributed by atoms with Crippen molar-refractivity contribution in [1.82, 2.24) is 39.9 Å². The molecule has 6 heterocycles. The third-order valence-corrected chi connectivity index (χ3v) is 6.69. The zero-order valence-electron chi connectivity index (χ0n) is 23.7. The number of pyridine rings is 2. The fourth-order valence-corrected chi connectivity index (χ4v) is 4.47. The normalized spacial score (nSPS) is 10.9. The Morgan fingerprint density at radius 1 is 0.644 bits per heavy atom. The van der Waals surface area contributed by atoms with Gasteiger partial charge in [0.2, 0.25) is 17.7 Å². The van der Waals surface area contributed by atoms with E-state index in [-0.39, 0.29) is 5.56 Å². The molecule has 8 rings (SSSR count). The summed E-state index contributed by atoms with van der Waals surface area (Å²) in [6, 6.07) is 18.8. The molecule has 6 aromatic heterocycles. The fraction of sp³-hybridized carbons (Fsp3) is 0.0303. The Morgan fingerprint density at radius 3 is 1.73 bits per heavy atom. The highest BCUT2D eigenvalue weighted by molar-refractivity contribution is 5.82. The van der Waals surface area contributed by atoms with Crippen molar-refractivity contribution in [3.63, 3.8) is 0 Å². The van der Waals surface area contributed by atoms with Gasteiger partial charge in [-0.25, -0.2) is 24.9 Å². The van der Waals surface area contributed by atoms with Crippen LogP contribution in [0.3, 0.4) is 0 Å². The molecule has 218 valence electrons. The van der Waals surface area contributed by atoms with Crippen LogP contribution >= 0.6 is 0 Å². The van der Waals surface area contributed by atoms with Gasteiger partial charge < -0.3 is 18.6 Å². The Hall–Kier alpha value is -6.56. The zero-order valence-corrected chi connectivity index (χ0v) is 23.7. The summed E-state index contributed by atoms with van der Waals surface area (Å²) in [6.45, 7) is 0. The molecule has 12 nitrogen and oxygen atoms in total. The van der Waals surface area contributed by atoms with E-state index in [1.807, 2.05) is 60.7 Å². The molecule has 0 saturated carbocycles. The van der Waals surface area contributed by atoms with Crippen LogP contribution in [-0.2, 0) is 0 Å². The minimum Gasteiger partial charge on any atom is -0.480 e. The lowest BCUT2D eigenvalue weighted by Gasteiger charge is -2.01. The Bertz CT molecular complexity index is 2260. The lowest BCUT2D eigenvalue weighted by Crippen LogP contribution is -2.04. The van der Waals surface area contributed by atoms with E-state index in [1.54, 1.807) is 50.5 Å². The van der Waals surface area contributed by atoms with Crippen LogP contribution in [0.25, 0.3) is 67.6 Å². The maximum atomic E-state index is 11.1. The largest absolute Gasteiger partial charge is 0.480 e. The highest BCUT2D eigenvalue weighted by Gasteiger charge is 2.11. The maximum Gasteiger partial charge on any atom is 0.266 e. The van der Waals surface area contributed by atoms with Crippen molar-refractivity contribution < 1.29 is 13.6 Å². The van der Waals surface area contributed by atoms with Crippen molar-refractivity contribution in [3.8, 4) is 51.3 Å². The van der Waals surface area contributed by atoms with E-state index in [1.165, 1.54) is 6.20 Å². The molecule has 0 radical (unpaired) electrons.